The SMILES string of the molecule is Br[SiH]1CCC[SiH](Br)C1. The van der Waals surface area contributed by atoms with Gasteiger partial charge in [0.15, 0.2) is 0 Å². The van der Waals surface area contributed by atoms with Crippen LogP contribution in [0, 0.1) is 0 Å². The lowest BCUT2D eigenvalue weighted by atomic mass is 10.6. The third kappa shape index (κ3) is 2.33. The molecule has 0 radical (unpaired) electrons. The van der Waals surface area contributed by atoms with Crippen molar-refractivity contribution in [1.82, 2.24) is 0 Å². The molecule has 0 aromatic carbocycles. The Hall–Kier alpha value is 1.39. The molecule has 1 saturated heterocycles. The molecule has 0 aromatic rings. The molecule has 0 spiro atoms. The van der Waals surface area contributed by atoms with Crippen LogP contribution in [0.5, 0.6) is 0 Å². The minimum atomic E-state index is -0.325. The van der Waals surface area contributed by atoms with E-state index < -0.39 is 0 Å². The van der Waals surface area contributed by atoms with Crippen LogP contribution in [0.2, 0.25) is 17.8 Å². The minimum absolute atomic E-state index is 0.325. The predicted octanol–water partition coefficient (Wildman–Crippen LogP) is 2.17. The van der Waals surface area contributed by atoms with Gasteiger partial charge in [0.2, 0.25) is 0 Å². The Morgan fingerprint density at radius 2 is 1.50 bits per heavy atom. The van der Waals surface area contributed by atoms with Crippen molar-refractivity contribution in [3.63, 3.8) is 0 Å². The van der Waals surface area contributed by atoms with Crippen LogP contribution >= 0.6 is 30.6 Å². The van der Waals surface area contributed by atoms with Gasteiger partial charge < -0.3 is 0 Å². The maximum atomic E-state index is 3.77. The first kappa shape index (κ1) is 7.50. The molecule has 4 heteroatoms. The number of hydrogen-bond acceptors (Lipinski definition) is 0. The van der Waals surface area contributed by atoms with Gasteiger partial charge in [-0.05, 0) is 5.67 Å². The van der Waals surface area contributed by atoms with Gasteiger partial charge in [0.25, 0.3) is 0 Å². The van der Waals surface area contributed by atoms with Crippen LogP contribution in [0.1, 0.15) is 6.42 Å². The van der Waals surface area contributed by atoms with Gasteiger partial charge in [0.1, 0.15) is 14.8 Å². The van der Waals surface area contributed by atoms with Gasteiger partial charge in [-0.2, -0.15) is 0 Å². The molecule has 0 N–H and O–H groups in total. The monoisotopic (exact) mass is 272 g/mol. The van der Waals surface area contributed by atoms with E-state index in [1.165, 1.54) is 18.5 Å². The summed E-state index contributed by atoms with van der Waals surface area (Å²) >= 11 is 7.54. The van der Waals surface area contributed by atoms with Gasteiger partial charge in [-0.25, -0.2) is 0 Å². The minimum Gasteiger partial charge on any atom is -0.131 e. The first-order chi connectivity index (χ1) is 3.79. The Morgan fingerprint density at radius 1 is 1.00 bits per heavy atom. The van der Waals surface area contributed by atoms with Crippen molar-refractivity contribution >= 4 is 45.4 Å². The summed E-state index contributed by atoms with van der Waals surface area (Å²) in [4.78, 5) is 0. The molecule has 48 valence electrons. The fraction of sp³-hybridized carbons (Fsp3) is 1.00. The van der Waals surface area contributed by atoms with Gasteiger partial charge in [0, 0.05) is 0 Å². The van der Waals surface area contributed by atoms with Crippen LogP contribution in [0.4, 0.5) is 0 Å². The molecule has 1 aliphatic heterocycles. The molecule has 8 heavy (non-hydrogen) atoms. The van der Waals surface area contributed by atoms with Crippen LogP contribution in [0.25, 0.3) is 0 Å². The van der Waals surface area contributed by atoms with E-state index >= 15 is 0 Å². The lowest BCUT2D eigenvalue weighted by Crippen LogP contribution is -2.19. The van der Waals surface area contributed by atoms with E-state index in [4.69, 9.17) is 0 Å². The third-order valence-corrected chi connectivity index (χ3v) is 17.2. The molecule has 0 aliphatic carbocycles. The standard InChI is InChI=1S/C4H10Br2Si2/c5-7-2-1-3-8(6)4-7/h7-8H,1-4H2. The van der Waals surface area contributed by atoms with E-state index in [-0.39, 0.29) is 14.8 Å². The molecule has 0 saturated carbocycles. The normalized spacial score (nSPS) is 39.8. The highest BCUT2D eigenvalue weighted by Gasteiger charge is 2.19. The zero-order valence-corrected chi connectivity index (χ0v) is 10.2. The van der Waals surface area contributed by atoms with E-state index in [1.54, 1.807) is 5.67 Å². The molecule has 1 aliphatic rings. The molecule has 1 fully saturated rings. The van der Waals surface area contributed by atoms with Crippen molar-refractivity contribution in [3.05, 3.63) is 0 Å². The first-order valence-electron chi connectivity index (χ1n) is 3.07. The summed E-state index contributed by atoms with van der Waals surface area (Å²) in [7, 11) is -0.650. The van der Waals surface area contributed by atoms with E-state index in [9.17, 15) is 0 Å². The fourth-order valence-electron chi connectivity index (χ4n) is 1.07. The van der Waals surface area contributed by atoms with Gasteiger partial charge in [-0.1, -0.05) is 18.5 Å². The Bertz CT molecular complexity index is 70.4. The highest BCUT2D eigenvalue weighted by molar-refractivity contribution is 9.26. The summed E-state index contributed by atoms with van der Waals surface area (Å²) in [6.07, 6.45) is 1.50. The molecular formula is C4H10Br2Si2. The van der Waals surface area contributed by atoms with Gasteiger partial charge in [-0.3, -0.25) is 0 Å². The highest BCUT2D eigenvalue weighted by atomic mass is 79.9. The van der Waals surface area contributed by atoms with Crippen molar-refractivity contribution in [2.24, 2.45) is 0 Å². The quantitative estimate of drug-likeness (QED) is 0.469. The Morgan fingerprint density at radius 3 is 1.75 bits per heavy atom. The van der Waals surface area contributed by atoms with Gasteiger partial charge in [-0.15, -0.1) is 30.6 Å². The zero-order chi connectivity index (χ0) is 5.98. The topological polar surface area (TPSA) is 0 Å². The largest absolute Gasteiger partial charge is 0.131 e. The van der Waals surface area contributed by atoms with Crippen LogP contribution in [0.3, 0.4) is 0 Å². The summed E-state index contributed by atoms with van der Waals surface area (Å²) < 4.78 is 0. The van der Waals surface area contributed by atoms with Crippen LogP contribution in [0.15, 0.2) is 0 Å². The summed E-state index contributed by atoms with van der Waals surface area (Å²) in [5.41, 5.74) is 1.58. The van der Waals surface area contributed by atoms with Crippen molar-refractivity contribution < 1.29 is 0 Å². The van der Waals surface area contributed by atoms with Crippen molar-refractivity contribution in [2.45, 2.75) is 24.2 Å². The molecule has 0 aromatic heterocycles. The number of hydrogen-bond donors (Lipinski definition) is 0. The second-order valence-electron chi connectivity index (χ2n) is 2.36. The number of halogens is 2. The summed E-state index contributed by atoms with van der Waals surface area (Å²) in [5.74, 6) is 0. The molecular weight excluding hydrogens is 264 g/mol. The fourth-order valence-corrected chi connectivity index (χ4v) is 21.6. The molecule has 2 unspecified atom stereocenters. The molecule has 2 atom stereocenters. The van der Waals surface area contributed by atoms with E-state index in [2.05, 4.69) is 30.6 Å². The van der Waals surface area contributed by atoms with E-state index in [0.717, 1.165) is 0 Å². The van der Waals surface area contributed by atoms with E-state index in [1.807, 2.05) is 0 Å². The molecule has 0 amide bonds. The second kappa shape index (κ2) is 3.53. The first-order valence-corrected chi connectivity index (χ1v) is 12.7. The van der Waals surface area contributed by atoms with Crippen molar-refractivity contribution in [1.29, 1.82) is 0 Å². The maximum absolute atomic E-state index is 3.77. The Kier molecular flexibility index (Phi) is 3.31. The highest BCUT2D eigenvalue weighted by Crippen LogP contribution is 2.25. The third-order valence-electron chi connectivity index (χ3n) is 1.55. The second-order valence-corrected chi connectivity index (χ2v) is 15.6. The van der Waals surface area contributed by atoms with Gasteiger partial charge in [0.05, 0.1) is 0 Å². The lowest BCUT2D eigenvalue weighted by molar-refractivity contribution is 1.04. The molecule has 0 bridgehead atoms. The average molecular weight is 274 g/mol. The Labute approximate surface area is 69.4 Å². The molecule has 1 rings (SSSR count). The predicted molar refractivity (Wildman–Crippen MR) is 51.2 cm³/mol. The molecule has 0 nitrogen and oxygen atoms in total. The van der Waals surface area contributed by atoms with Crippen LogP contribution < -0.4 is 0 Å². The molecule has 1 heterocycles. The summed E-state index contributed by atoms with van der Waals surface area (Å²) in [6.45, 7) is 0. The number of rotatable bonds is 0. The summed E-state index contributed by atoms with van der Waals surface area (Å²) in [5, 5.41) is 0. The van der Waals surface area contributed by atoms with Crippen molar-refractivity contribution in [2.75, 3.05) is 0 Å². The van der Waals surface area contributed by atoms with Crippen molar-refractivity contribution in [3.8, 4) is 0 Å². The van der Waals surface area contributed by atoms with Crippen LogP contribution in [-0.2, 0) is 0 Å². The maximum Gasteiger partial charge on any atom is 0.112 e. The van der Waals surface area contributed by atoms with Crippen LogP contribution in [-0.4, -0.2) is 14.8 Å². The summed E-state index contributed by atoms with van der Waals surface area (Å²) in [6, 6.07) is 3.07. The average Bonchev–Trinajstić information content (AvgIpc) is 1.64. The Balaban J connectivity index is 2.23. The lowest BCUT2D eigenvalue weighted by Gasteiger charge is -2.17. The zero-order valence-electron chi connectivity index (χ0n) is 4.74. The van der Waals surface area contributed by atoms with E-state index in [0.29, 0.717) is 0 Å². The van der Waals surface area contributed by atoms with Gasteiger partial charge >= 0.3 is 0 Å². The smallest absolute Gasteiger partial charge is 0.112 e.